The molecule has 0 spiro atoms. The van der Waals surface area contributed by atoms with E-state index in [0.717, 1.165) is 33.0 Å². The third-order valence-corrected chi connectivity index (χ3v) is 19.8. The van der Waals surface area contributed by atoms with Crippen LogP contribution in [0, 0.1) is 18.3 Å². The van der Waals surface area contributed by atoms with Gasteiger partial charge in [0.25, 0.3) is 0 Å². The number of carbonyl (C=O) groups is 1. The number of thioether (sulfide) groups is 2. The fourth-order valence-electron chi connectivity index (χ4n) is 11.9. The smallest absolute Gasteiger partial charge is 0.302 e. The van der Waals surface area contributed by atoms with Crippen LogP contribution in [0.5, 0.6) is 0 Å². The van der Waals surface area contributed by atoms with Gasteiger partial charge in [0.2, 0.25) is 0 Å². The molecule has 6 aromatic carbocycles. The lowest BCUT2D eigenvalue weighted by Crippen LogP contribution is -2.56. The Morgan fingerprint density at radius 3 is 1.65 bits per heavy atom. The number of benzene rings is 6. The molecule has 16 unspecified atom stereocenters. The molecule has 16 atom stereocenters. The average molecular weight is 1300 g/mol. The van der Waals surface area contributed by atoms with Gasteiger partial charge in [0.1, 0.15) is 77.1 Å². The van der Waals surface area contributed by atoms with E-state index in [2.05, 4.69) is 65.1 Å². The van der Waals surface area contributed by atoms with E-state index in [4.69, 9.17) is 45.1 Å². The van der Waals surface area contributed by atoms with Crippen molar-refractivity contribution in [2.45, 2.75) is 102 Å². The molecule has 3 aromatic heterocycles. The van der Waals surface area contributed by atoms with Gasteiger partial charge in [0.05, 0.1) is 86.5 Å². The van der Waals surface area contributed by atoms with Gasteiger partial charge in [0.15, 0.2) is 0 Å². The van der Waals surface area contributed by atoms with Gasteiger partial charge in [-0.1, -0.05) is 161 Å². The van der Waals surface area contributed by atoms with E-state index in [1.54, 1.807) is 39.7 Å². The Morgan fingerprint density at radius 1 is 0.634 bits per heavy atom. The zero-order valence-electron chi connectivity index (χ0n) is 51.4. The van der Waals surface area contributed by atoms with Crippen molar-refractivity contribution in [1.82, 2.24) is 45.0 Å². The molecule has 484 valence electrons. The Labute approximate surface area is 545 Å². The minimum absolute atomic E-state index is 0.0228. The Bertz CT molecular complexity index is 4000. The largest absolute Gasteiger partial charge is 0.463 e. The van der Waals surface area contributed by atoms with Gasteiger partial charge in [-0.2, -0.15) is 0 Å². The number of methoxy groups -OCH3 is 2. The van der Waals surface area contributed by atoms with Crippen molar-refractivity contribution in [1.29, 1.82) is 0 Å². The third-order valence-electron chi connectivity index (χ3n) is 17.0. The summed E-state index contributed by atoms with van der Waals surface area (Å²) in [6, 6.07) is 45.5. The third kappa shape index (κ3) is 15.4. The van der Waals surface area contributed by atoms with Crippen LogP contribution in [0.1, 0.15) is 37.5 Å². The number of hydrogen-bond acceptors (Lipinski definition) is 21. The summed E-state index contributed by atoms with van der Waals surface area (Å²) in [5, 5.41) is 77.9. The van der Waals surface area contributed by atoms with E-state index in [-0.39, 0.29) is 44.2 Å². The summed E-state index contributed by atoms with van der Waals surface area (Å²) in [6.07, 6.45) is 5.19. The summed E-state index contributed by atoms with van der Waals surface area (Å²) in [6.45, 7) is 3.91. The lowest BCUT2D eigenvalue weighted by molar-refractivity contribution is -0.186. The van der Waals surface area contributed by atoms with E-state index in [9.17, 15) is 25.2 Å². The van der Waals surface area contributed by atoms with Crippen molar-refractivity contribution in [3.8, 4) is 46.1 Å². The maximum atomic E-state index is 11.5. The van der Waals surface area contributed by atoms with Crippen molar-refractivity contribution in [2.24, 2.45) is 11.0 Å². The molecule has 7 heterocycles. The fraction of sp³-hybridized carbons (Fsp3) is 0.388. The number of nitrogens with zero attached hydrogens (tertiary/aromatic N) is 12. The Kier molecular flexibility index (Phi) is 22.3. The van der Waals surface area contributed by atoms with Gasteiger partial charge in [-0.05, 0) is 51.2 Å². The monoisotopic (exact) mass is 1300 g/mol. The summed E-state index contributed by atoms with van der Waals surface area (Å²) in [7, 11) is 3.07. The van der Waals surface area contributed by atoms with Crippen LogP contribution in [0.15, 0.2) is 169 Å². The standard InChI is InChI=1S/C32H34N6O6S.C23H30N6O6S.C12H8/c1-42-31-28(38-15-24(34-36-38)22-12-11-19-7-5-6-10-21(19)13-22)30(41)26(16-39)44-32(31)45-27-18-43-17-25(29(27)40)37-14-23(33-35-37)20-8-3-2-4-9-20;1-13-18(11-34-14(2)30)35-23(22(32-3)20(13)26-27-24)36-19-12-33-10-17(21(19)31)29-9-16(25-28-29)15-7-5-4-6-8-15;1-2-10-7-8-11-5-3-4-6-12(11)9-10/h2-15,25-32,39-41H,16-18H2,1H3;4-9,13,17-23,31H,10-12H2,1-3H3;1,3-9H. The second-order valence-corrected chi connectivity index (χ2v) is 25.5. The first-order valence-electron chi connectivity index (χ1n) is 30.3. The summed E-state index contributed by atoms with van der Waals surface area (Å²) < 4.78 is 45.8. The number of hydrogen-bond donors (Lipinski definition) is 4. The van der Waals surface area contributed by atoms with Crippen molar-refractivity contribution in [3.05, 3.63) is 180 Å². The van der Waals surface area contributed by atoms with Crippen molar-refractivity contribution >= 4 is 51.0 Å². The molecular formula is C67H72N12O12S2. The molecule has 4 N–H and O–H groups in total. The Hall–Kier alpha value is -8.10. The molecule has 93 heavy (non-hydrogen) atoms. The SMILES string of the molecule is C#Cc1ccc2ccccc2c1.COC1C(SC2COCC(n3cc(-c4ccccc4)nn3)C2O)OC(CO)C(O)C1n1cc(-c2ccc3ccccc3c2)nn1.COC1C(SC2COCC(n3cc(-c4ccccc4)nn3)C2O)OC(COC(C)=O)C(C)C1N=[N+]=[N-]. The van der Waals surface area contributed by atoms with Crippen LogP contribution in [-0.2, 0) is 38.0 Å². The molecule has 0 amide bonds. The van der Waals surface area contributed by atoms with E-state index in [0.29, 0.717) is 17.1 Å². The number of azide groups is 1. The molecule has 26 heteroatoms. The molecule has 4 saturated heterocycles. The summed E-state index contributed by atoms with van der Waals surface area (Å²) in [5.74, 6) is 1.94. The number of carbonyl (C=O) groups excluding carboxylic acids is 1. The highest BCUT2D eigenvalue weighted by molar-refractivity contribution is 8.00. The summed E-state index contributed by atoms with van der Waals surface area (Å²) >= 11 is 2.69. The summed E-state index contributed by atoms with van der Waals surface area (Å²) in [4.78, 5) is 14.4. The second kappa shape index (κ2) is 31.2. The van der Waals surface area contributed by atoms with E-state index >= 15 is 0 Å². The molecule has 0 saturated carbocycles. The van der Waals surface area contributed by atoms with Gasteiger partial charge < -0.3 is 53.6 Å². The average Bonchev–Trinajstić information content (AvgIpc) is 1.76. The van der Waals surface area contributed by atoms with E-state index < -0.39 is 95.6 Å². The predicted octanol–water partition coefficient (Wildman–Crippen LogP) is 8.14. The molecule has 0 aliphatic carbocycles. The fourth-order valence-corrected chi connectivity index (χ4v) is 14.8. The van der Waals surface area contributed by atoms with Crippen LogP contribution in [0.3, 0.4) is 0 Å². The maximum absolute atomic E-state index is 11.5. The molecule has 13 rings (SSSR count). The zero-order chi connectivity index (χ0) is 65.0. The normalized spacial score (nSPS) is 27.7. The minimum Gasteiger partial charge on any atom is -0.463 e. The lowest BCUT2D eigenvalue weighted by atomic mass is 9.89. The number of esters is 1. The topological polar surface area (TPSA) is 303 Å². The number of aliphatic hydroxyl groups excluding tert-OH is 4. The van der Waals surface area contributed by atoms with Gasteiger partial charge in [-0.25, -0.2) is 14.0 Å². The molecular weight excluding hydrogens is 1230 g/mol. The van der Waals surface area contributed by atoms with Gasteiger partial charge in [-0.3, -0.25) is 4.79 Å². The molecule has 4 fully saturated rings. The van der Waals surface area contributed by atoms with Crippen LogP contribution >= 0.6 is 23.5 Å². The second-order valence-electron chi connectivity index (χ2n) is 22.8. The lowest BCUT2D eigenvalue weighted by Gasteiger charge is -2.45. The van der Waals surface area contributed by atoms with Crippen molar-refractivity contribution in [2.75, 3.05) is 53.9 Å². The first kappa shape index (κ1) is 66.4. The molecule has 24 nitrogen and oxygen atoms in total. The quantitative estimate of drug-likeness (QED) is 0.0233. The minimum atomic E-state index is -1.13. The Morgan fingerprint density at radius 2 is 1.12 bits per heavy atom. The van der Waals surface area contributed by atoms with Crippen LogP contribution in [0.25, 0.3) is 65.8 Å². The molecule has 4 aliphatic heterocycles. The molecule has 9 aromatic rings. The first-order chi connectivity index (χ1) is 45.4. The van der Waals surface area contributed by atoms with Crippen LogP contribution in [0.4, 0.5) is 0 Å². The Balaban J connectivity index is 0.000000164. The van der Waals surface area contributed by atoms with Gasteiger partial charge in [0, 0.05) is 48.3 Å². The number of rotatable bonds is 16. The van der Waals surface area contributed by atoms with Gasteiger partial charge >= 0.3 is 5.97 Å². The number of aliphatic hydroxyl groups is 4. The number of aromatic nitrogens is 9. The predicted molar refractivity (Wildman–Crippen MR) is 350 cm³/mol. The van der Waals surface area contributed by atoms with E-state index in [1.165, 1.54) is 48.3 Å². The highest BCUT2D eigenvalue weighted by Gasteiger charge is 2.50. The molecule has 0 radical (unpaired) electrons. The number of terminal acetylenes is 1. The maximum Gasteiger partial charge on any atom is 0.302 e. The molecule has 0 bridgehead atoms. The van der Waals surface area contributed by atoms with Gasteiger partial charge in [-0.15, -0.1) is 45.2 Å². The summed E-state index contributed by atoms with van der Waals surface area (Å²) in [5.41, 5.74) is 13.6. The number of ether oxygens (including phenoxy) is 7. The molecule has 4 aliphatic rings. The van der Waals surface area contributed by atoms with Crippen LogP contribution < -0.4 is 0 Å². The van der Waals surface area contributed by atoms with Crippen LogP contribution in [-0.4, -0.2) is 195 Å². The number of fused-ring (bicyclic) bond motifs is 2. The van der Waals surface area contributed by atoms with Crippen molar-refractivity contribution < 1.29 is 58.4 Å². The van der Waals surface area contributed by atoms with Crippen molar-refractivity contribution in [3.63, 3.8) is 0 Å². The highest BCUT2D eigenvalue weighted by atomic mass is 32.2. The zero-order valence-corrected chi connectivity index (χ0v) is 53.0. The van der Waals surface area contributed by atoms with E-state index in [1.807, 2.05) is 134 Å². The highest BCUT2D eigenvalue weighted by Crippen LogP contribution is 2.43. The van der Waals surface area contributed by atoms with Crippen LogP contribution in [0.2, 0.25) is 0 Å². The first-order valence-corrected chi connectivity index (χ1v) is 32.2.